The Morgan fingerprint density at radius 2 is 1.81 bits per heavy atom. The largest absolute Gasteiger partial charge is 0.345 e. The third-order valence-corrected chi connectivity index (χ3v) is 6.01. The molecule has 0 aromatic heterocycles. The van der Waals surface area contributed by atoms with Crippen LogP contribution in [0.1, 0.15) is 64.9 Å². The second kappa shape index (κ2) is 10.1. The van der Waals surface area contributed by atoms with Crippen molar-refractivity contribution in [2.24, 2.45) is 16.8 Å². The highest BCUT2D eigenvalue weighted by molar-refractivity contribution is 6.14. The summed E-state index contributed by atoms with van der Waals surface area (Å²) < 4.78 is 0. The van der Waals surface area contributed by atoms with Crippen LogP contribution < -0.4 is 15.5 Å². The molecular formula is C24H34N4O3. The van der Waals surface area contributed by atoms with Crippen molar-refractivity contribution in [2.75, 3.05) is 11.9 Å². The van der Waals surface area contributed by atoms with Gasteiger partial charge in [0.2, 0.25) is 18.0 Å². The third kappa shape index (κ3) is 5.51. The molecule has 2 N–H and O–H groups in total. The van der Waals surface area contributed by atoms with Crippen LogP contribution in [-0.4, -0.2) is 42.7 Å². The highest BCUT2D eigenvalue weighted by Gasteiger charge is 2.34. The van der Waals surface area contributed by atoms with E-state index in [1.165, 1.54) is 6.42 Å². The van der Waals surface area contributed by atoms with Crippen molar-refractivity contribution in [3.63, 3.8) is 0 Å². The molecule has 1 aliphatic carbocycles. The van der Waals surface area contributed by atoms with Gasteiger partial charge in [-0.1, -0.05) is 51.3 Å². The summed E-state index contributed by atoms with van der Waals surface area (Å²) in [5.74, 6) is -0.403. The number of anilines is 1. The molecular weight excluding hydrogens is 392 g/mol. The Morgan fingerprint density at radius 1 is 1.13 bits per heavy atom. The molecule has 0 bridgehead atoms. The van der Waals surface area contributed by atoms with Gasteiger partial charge >= 0.3 is 0 Å². The molecule has 2 atom stereocenters. The van der Waals surface area contributed by atoms with Gasteiger partial charge in [-0.15, -0.1) is 0 Å². The minimum absolute atomic E-state index is 0.180. The number of benzodiazepines with no additional fused rings is 1. The number of fused-ring (bicyclic) bond motifs is 1. The summed E-state index contributed by atoms with van der Waals surface area (Å²) in [5.41, 5.74) is 2.67. The molecule has 3 amide bonds. The van der Waals surface area contributed by atoms with Crippen LogP contribution in [-0.2, 0) is 14.4 Å². The maximum atomic E-state index is 13.2. The van der Waals surface area contributed by atoms with Crippen molar-refractivity contribution in [1.82, 2.24) is 10.6 Å². The number of carbonyl (C=O) groups excluding carboxylic acids is 3. The number of likely N-dealkylation sites (N-methyl/N-ethyl adjacent to an activating group) is 1. The number of rotatable bonds is 6. The smallest absolute Gasteiger partial charge is 0.272 e. The van der Waals surface area contributed by atoms with Crippen LogP contribution in [0.3, 0.4) is 0 Å². The second-order valence-corrected chi connectivity index (χ2v) is 9.06. The summed E-state index contributed by atoms with van der Waals surface area (Å²) >= 11 is 0. The van der Waals surface area contributed by atoms with Crippen LogP contribution in [0.15, 0.2) is 29.3 Å². The average molecular weight is 427 g/mol. The summed E-state index contributed by atoms with van der Waals surface area (Å²) in [5, 5.41) is 5.48. The molecule has 1 aliphatic heterocycles. The van der Waals surface area contributed by atoms with E-state index in [1.807, 2.05) is 38.1 Å². The topological polar surface area (TPSA) is 90.9 Å². The number of hydrogen-bond donors (Lipinski definition) is 2. The lowest BCUT2D eigenvalue weighted by atomic mass is 9.83. The molecule has 0 saturated heterocycles. The van der Waals surface area contributed by atoms with Crippen LogP contribution in [0.2, 0.25) is 0 Å². The Hall–Kier alpha value is -2.70. The molecule has 31 heavy (non-hydrogen) atoms. The zero-order chi connectivity index (χ0) is 22.5. The molecule has 1 aromatic rings. The van der Waals surface area contributed by atoms with Gasteiger partial charge in [0.05, 0.1) is 11.4 Å². The van der Waals surface area contributed by atoms with E-state index in [0.717, 1.165) is 42.6 Å². The van der Waals surface area contributed by atoms with Crippen LogP contribution >= 0.6 is 0 Å². The first-order valence-electron chi connectivity index (χ1n) is 11.3. The van der Waals surface area contributed by atoms with Crippen molar-refractivity contribution < 1.29 is 14.4 Å². The summed E-state index contributed by atoms with van der Waals surface area (Å²) in [4.78, 5) is 44.4. The van der Waals surface area contributed by atoms with Crippen LogP contribution in [0.25, 0.3) is 0 Å². The fraction of sp³-hybridized carbons (Fsp3) is 0.583. The highest BCUT2D eigenvalue weighted by atomic mass is 16.2. The maximum Gasteiger partial charge on any atom is 0.272 e. The van der Waals surface area contributed by atoms with Gasteiger partial charge < -0.3 is 15.5 Å². The van der Waals surface area contributed by atoms with Gasteiger partial charge in [-0.2, -0.15) is 0 Å². The van der Waals surface area contributed by atoms with E-state index in [1.54, 1.807) is 18.9 Å². The molecule has 3 rings (SSSR count). The number of nitrogens with one attached hydrogen (secondary N) is 2. The fourth-order valence-electron chi connectivity index (χ4n) is 4.34. The minimum atomic E-state index is -1.01. The summed E-state index contributed by atoms with van der Waals surface area (Å²) in [6.45, 7) is 5.52. The zero-order valence-corrected chi connectivity index (χ0v) is 19.0. The molecule has 0 radical (unpaired) electrons. The normalized spacial score (nSPS) is 20.5. The average Bonchev–Trinajstić information content (AvgIpc) is 2.84. The number of hydrogen-bond acceptors (Lipinski definition) is 4. The van der Waals surface area contributed by atoms with Crippen LogP contribution in [0.5, 0.6) is 0 Å². The fourth-order valence-corrected chi connectivity index (χ4v) is 4.34. The zero-order valence-electron chi connectivity index (χ0n) is 19.0. The van der Waals surface area contributed by atoms with Crippen molar-refractivity contribution in [2.45, 2.75) is 71.5 Å². The number of amides is 3. The number of nitrogens with zero attached hydrogens (tertiary/aromatic N) is 2. The van der Waals surface area contributed by atoms with Crippen LogP contribution in [0, 0.1) is 11.8 Å². The molecule has 0 spiro atoms. The third-order valence-electron chi connectivity index (χ3n) is 6.01. The van der Waals surface area contributed by atoms with Crippen molar-refractivity contribution >= 4 is 29.1 Å². The van der Waals surface area contributed by atoms with Gasteiger partial charge in [0.25, 0.3) is 5.91 Å². The second-order valence-electron chi connectivity index (χ2n) is 9.06. The summed E-state index contributed by atoms with van der Waals surface area (Å²) in [6, 6.07) is 7.05. The molecule has 7 nitrogen and oxygen atoms in total. The molecule has 168 valence electrons. The Kier molecular flexibility index (Phi) is 7.46. The molecule has 1 unspecified atom stereocenters. The Balaban J connectivity index is 1.84. The molecule has 1 heterocycles. The first kappa shape index (κ1) is 23.0. The highest BCUT2D eigenvalue weighted by Crippen LogP contribution is 2.33. The molecule has 7 heteroatoms. The number of carbonyl (C=O) groups is 3. The lowest BCUT2D eigenvalue weighted by molar-refractivity contribution is -0.131. The SMILES string of the molecule is CC(C)CC(=O)N[C@@H](C)C(=O)NC1N=C(C2CCCCC2)c2ccccc2N(C)C1=O. The first-order chi connectivity index (χ1) is 14.8. The van der Waals surface area contributed by atoms with Gasteiger partial charge in [0.1, 0.15) is 6.04 Å². The summed E-state index contributed by atoms with van der Waals surface area (Å²) in [6.07, 6.45) is 4.92. The van der Waals surface area contributed by atoms with E-state index in [0.29, 0.717) is 6.42 Å². The van der Waals surface area contributed by atoms with Gasteiger partial charge in [-0.25, -0.2) is 0 Å². The lowest BCUT2D eigenvalue weighted by Gasteiger charge is -2.25. The minimum Gasteiger partial charge on any atom is -0.345 e. The van der Waals surface area contributed by atoms with Crippen molar-refractivity contribution in [3.8, 4) is 0 Å². The number of aliphatic imine (C=N–C) groups is 1. The first-order valence-corrected chi connectivity index (χ1v) is 11.3. The predicted molar refractivity (Wildman–Crippen MR) is 122 cm³/mol. The van der Waals surface area contributed by atoms with Gasteiger partial charge in [0.15, 0.2) is 0 Å². The van der Waals surface area contributed by atoms with Gasteiger partial charge in [0, 0.05) is 24.9 Å². The Labute approximate surface area is 184 Å². The monoisotopic (exact) mass is 426 g/mol. The van der Waals surface area contributed by atoms with Crippen molar-refractivity contribution in [3.05, 3.63) is 29.8 Å². The number of para-hydroxylation sites is 1. The van der Waals surface area contributed by atoms with E-state index in [-0.39, 0.29) is 23.7 Å². The summed E-state index contributed by atoms with van der Waals surface area (Å²) in [7, 11) is 1.72. The van der Waals surface area contributed by atoms with Crippen molar-refractivity contribution in [1.29, 1.82) is 0 Å². The Morgan fingerprint density at radius 3 is 2.48 bits per heavy atom. The molecule has 1 saturated carbocycles. The van der Waals surface area contributed by atoms with Gasteiger partial charge in [-0.05, 0) is 31.7 Å². The molecule has 1 fully saturated rings. The van der Waals surface area contributed by atoms with E-state index in [2.05, 4.69) is 10.6 Å². The maximum absolute atomic E-state index is 13.2. The molecule has 2 aliphatic rings. The van der Waals surface area contributed by atoms with Gasteiger partial charge in [-0.3, -0.25) is 19.4 Å². The van der Waals surface area contributed by atoms with E-state index >= 15 is 0 Å². The molecule has 1 aromatic carbocycles. The lowest BCUT2D eigenvalue weighted by Crippen LogP contribution is -2.52. The van der Waals surface area contributed by atoms with E-state index in [4.69, 9.17) is 4.99 Å². The standard InChI is InChI=1S/C24H34N4O3/c1-15(2)14-20(29)25-16(3)23(30)27-22-24(31)28(4)19-13-9-8-12-18(19)21(26-22)17-10-6-5-7-11-17/h8-9,12-13,15-17,22H,5-7,10-11,14H2,1-4H3,(H,25,29)(H,27,30)/t16-,22?/m0/s1. The quantitative estimate of drug-likeness (QED) is 0.733. The van der Waals surface area contributed by atoms with Crippen LogP contribution in [0.4, 0.5) is 5.69 Å². The number of benzene rings is 1. The van der Waals surface area contributed by atoms with E-state index in [9.17, 15) is 14.4 Å². The predicted octanol–water partition coefficient (Wildman–Crippen LogP) is 3.03. The Bertz CT molecular complexity index is 858. The van der Waals surface area contributed by atoms with E-state index < -0.39 is 18.1 Å².